The van der Waals surface area contributed by atoms with Gasteiger partial charge in [-0.1, -0.05) is 363 Å². The van der Waals surface area contributed by atoms with Crippen LogP contribution in [0.25, 0.3) is 0 Å². The number of carbonyl (C=O) groups excluding carboxylic acids is 4. The molecule has 0 aromatic carbocycles. The van der Waals surface area contributed by atoms with E-state index >= 15 is 0 Å². The normalized spacial score (nSPS) is 13.9. The molecule has 2 unspecified atom stereocenters. The summed E-state index contributed by atoms with van der Waals surface area (Å²) >= 11 is 0. The van der Waals surface area contributed by atoms with Crippen LogP contribution in [0.3, 0.4) is 0 Å². The van der Waals surface area contributed by atoms with Crippen molar-refractivity contribution < 1.29 is 80.2 Å². The van der Waals surface area contributed by atoms with Gasteiger partial charge < -0.3 is 33.8 Å². The number of ether oxygens (including phenoxy) is 4. The fraction of sp³-hybridized carbons (Fsp3) is 0.949. The van der Waals surface area contributed by atoms with Crippen LogP contribution < -0.4 is 0 Å². The van der Waals surface area contributed by atoms with E-state index in [1.165, 1.54) is 231 Å². The lowest BCUT2D eigenvalue weighted by Gasteiger charge is -2.21. The van der Waals surface area contributed by atoms with E-state index in [2.05, 4.69) is 41.5 Å². The van der Waals surface area contributed by atoms with E-state index in [1.807, 2.05) is 0 Å². The Morgan fingerprint density at radius 2 is 0.469 bits per heavy atom. The second kappa shape index (κ2) is 70.7. The van der Waals surface area contributed by atoms with Crippen LogP contribution >= 0.6 is 15.6 Å². The zero-order valence-electron chi connectivity index (χ0n) is 64.1. The summed E-state index contributed by atoms with van der Waals surface area (Å²) in [4.78, 5) is 72.9. The van der Waals surface area contributed by atoms with Crippen LogP contribution in [0, 0.1) is 11.8 Å². The molecular weight excluding hydrogens is 1280 g/mol. The van der Waals surface area contributed by atoms with E-state index in [9.17, 15) is 43.2 Å². The number of hydrogen-bond acceptors (Lipinski definition) is 15. The minimum absolute atomic E-state index is 0.105. The van der Waals surface area contributed by atoms with Crippen LogP contribution in [0.15, 0.2) is 0 Å². The first-order valence-corrected chi connectivity index (χ1v) is 44.0. The molecule has 582 valence electrons. The highest BCUT2D eigenvalue weighted by molar-refractivity contribution is 7.47. The number of aliphatic hydroxyl groups excluding tert-OH is 1. The van der Waals surface area contributed by atoms with Crippen LogP contribution in [0.4, 0.5) is 0 Å². The molecule has 0 amide bonds. The second-order valence-electron chi connectivity index (χ2n) is 29.4. The van der Waals surface area contributed by atoms with Gasteiger partial charge in [0.25, 0.3) is 0 Å². The van der Waals surface area contributed by atoms with Crippen molar-refractivity contribution in [2.45, 2.75) is 432 Å². The van der Waals surface area contributed by atoms with Crippen LogP contribution in [-0.4, -0.2) is 96.7 Å². The van der Waals surface area contributed by atoms with Crippen molar-refractivity contribution in [3.63, 3.8) is 0 Å². The second-order valence-corrected chi connectivity index (χ2v) is 32.3. The maximum atomic E-state index is 13.1. The summed E-state index contributed by atoms with van der Waals surface area (Å²) in [6.45, 7) is 9.60. The summed E-state index contributed by atoms with van der Waals surface area (Å²) in [5.74, 6) is -0.595. The number of esters is 4. The highest BCUT2D eigenvalue weighted by Gasteiger charge is 2.30. The van der Waals surface area contributed by atoms with Crippen LogP contribution in [0.5, 0.6) is 0 Å². The standard InChI is InChI=1S/C79H154O17P2/c1-7-9-11-13-15-17-19-20-21-22-23-24-25-30-34-38-45-51-57-63-78(83)95-74(67-90-77(82)62-56-50-44-37-33-29-27-26-28-32-35-41-47-53-59-71(3)4)69-93-97(85,86)91-65-73(80)66-92-98(87,88)94-70-75(96-79(84)64-58-52-46-40-39-42-48-54-60-72(5)6)68-89-76(81)61-55-49-43-36-31-18-16-14-12-10-8-2/h71-75,80H,7-70H2,1-6H3,(H,85,86)(H,87,88)/t73-,74-,75-/m1/s1. The Labute approximate surface area is 600 Å². The molecule has 0 spiro atoms. The number of phosphoric ester groups is 2. The molecule has 5 atom stereocenters. The van der Waals surface area contributed by atoms with Crippen molar-refractivity contribution in [3.05, 3.63) is 0 Å². The first-order chi connectivity index (χ1) is 47.4. The van der Waals surface area contributed by atoms with E-state index in [0.717, 1.165) is 102 Å². The fourth-order valence-corrected chi connectivity index (χ4v) is 13.8. The molecule has 0 bridgehead atoms. The largest absolute Gasteiger partial charge is 0.472 e. The third-order valence-corrected chi connectivity index (χ3v) is 20.4. The van der Waals surface area contributed by atoms with Crippen LogP contribution in [0.1, 0.15) is 414 Å². The van der Waals surface area contributed by atoms with Gasteiger partial charge in [0.15, 0.2) is 12.2 Å². The molecule has 17 nitrogen and oxygen atoms in total. The molecule has 0 rings (SSSR count). The molecule has 0 aromatic rings. The minimum atomic E-state index is -4.96. The summed E-state index contributed by atoms with van der Waals surface area (Å²) < 4.78 is 68.6. The van der Waals surface area contributed by atoms with Crippen LogP contribution in [0.2, 0.25) is 0 Å². The van der Waals surface area contributed by atoms with E-state index in [1.54, 1.807) is 0 Å². The quantitative estimate of drug-likeness (QED) is 0.0222. The highest BCUT2D eigenvalue weighted by atomic mass is 31.2. The van der Waals surface area contributed by atoms with E-state index < -0.39 is 97.5 Å². The Morgan fingerprint density at radius 1 is 0.276 bits per heavy atom. The van der Waals surface area contributed by atoms with E-state index in [-0.39, 0.29) is 25.7 Å². The van der Waals surface area contributed by atoms with Gasteiger partial charge in [0.2, 0.25) is 0 Å². The predicted molar refractivity (Wildman–Crippen MR) is 400 cm³/mol. The van der Waals surface area contributed by atoms with E-state index in [0.29, 0.717) is 25.7 Å². The molecule has 98 heavy (non-hydrogen) atoms. The maximum Gasteiger partial charge on any atom is 0.472 e. The number of unbranched alkanes of at least 4 members (excludes halogenated alkanes) is 48. The summed E-state index contributed by atoms with van der Waals surface area (Å²) in [5, 5.41) is 10.6. The van der Waals surface area contributed by atoms with Gasteiger partial charge in [-0.3, -0.25) is 37.3 Å². The zero-order valence-corrected chi connectivity index (χ0v) is 65.9. The number of carbonyl (C=O) groups is 4. The van der Waals surface area contributed by atoms with Gasteiger partial charge in [0, 0.05) is 25.7 Å². The Morgan fingerprint density at radius 3 is 0.694 bits per heavy atom. The molecule has 0 saturated carbocycles. The Balaban J connectivity index is 5.23. The number of hydrogen-bond donors (Lipinski definition) is 3. The van der Waals surface area contributed by atoms with Crippen molar-refractivity contribution in [3.8, 4) is 0 Å². The van der Waals surface area contributed by atoms with Crippen LogP contribution in [-0.2, 0) is 65.4 Å². The average Bonchev–Trinajstić information content (AvgIpc) is 1.07. The lowest BCUT2D eigenvalue weighted by atomic mass is 10.0. The Bertz CT molecular complexity index is 1890. The van der Waals surface area contributed by atoms with E-state index in [4.69, 9.17) is 37.0 Å². The summed E-state index contributed by atoms with van der Waals surface area (Å²) in [5.41, 5.74) is 0. The maximum absolute atomic E-state index is 13.1. The van der Waals surface area contributed by atoms with Crippen molar-refractivity contribution in [1.82, 2.24) is 0 Å². The molecule has 0 fully saturated rings. The Hall–Kier alpha value is -1.94. The number of rotatable bonds is 78. The third-order valence-electron chi connectivity index (χ3n) is 18.5. The molecular formula is C79H154O17P2. The SMILES string of the molecule is CCCCCCCCCCCCCCCCCCCCCC(=O)O[C@H](COC(=O)CCCCCCCCCCCCCCCCC(C)C)COP(=O)(O)OC[C@@H](O)COP(=O)(O)OC[C@@H](COC(=O)CCCCCCCCCCCCC)OC(=O)CCCCCCCCCCC(C)C. The summed E-state index contributed by atoms with van der Waals surface area (Å²) in [6, 6.07) is 0. The van der Waals surface area contributed by atoms with Gasteiger partial charge in [0.1, 0.15) is 19.3 Å². The monoisotopic (exact) mass is 1440 g/mol. The molecule has 0 aromatic heterocycles. The molecule has 3 N–H and O–H groups in total. The third kappa shape index (κ3) is 72.4. The van der Waals surface area contributed by atoms with Gasteiger partial charge in [-0.05, 0) is 37.5 Å². The molecule has 0 radical (unpaired) electrons. The molecule has 0 aliphatic carbocycles. The number of aliphatic hydroxyl groups is 1. The first-order valence-electron chi connectivity index (χ1n) is 41.0. The summed E-state index contributed by atoms with van der Waals surface area (Å²) in [7, 11) is -9.91. The molecule has 0 heterocycles. The minimum Gasteiger partial charge on any atom is -0.462 e. The lowest BCUT2D eigenvalue weighted by molar-refractivity contribution is -0.161. The van der Waals surface area contributed by atoms with Crippen molar-refractivity contribution >= 4 is 39.5 Å². The zero-order chi connectivity index (χ0) is 72.1. The smallest absolute Gasteiger partial charge is 0.462 e. The molecule has 0 saturated heterocycles. The topological polar surface area (TPSA) is 237 Å². The van der Waals surface area contributed by atoms with Gasteiger partial charge in [-0.25, -0.2) is 9.13 Å². The van der Waals surface area contributed by atoms with Crippen molar-refractivity contribution in [2.75, 3.05) is 39.6 Å². The van der Waals surface area contributed by atoms with Crippen molar-refractivity contribution in [2.24, 2.45) is 11.8 Å². The number of phosphoric acid groups is 2. The molecule has 0 aliphatic heterocycles. The lowest BCUT2D eigenvalue weighted by Crippen LogP contribution is -2.30. The van der Waals surface area contributed by atoms with Gasteiger partial charge in [0.05, 0.1) is 26.4 Å². The van der Waals surface area contributed by atoms with Gasteiger partial charge >= 0.3 is 39.5 Å². The highest BCUT2D eigenvalue weighted by Crippen LogP contribution is 2.45. The van der Waals surface area contributed by atoms with Gasteiger partial charge in [-0.2, -0.15) is 0 Å². The molecule has 19 heteroatoms. The Kier molecular flexibility index (Phi) is 69.3. The summed E-state index contributed by atoms with van der Waals surface area (Å²) in [6.07, 6.45) is 59.7. The average molecular weight is 1440 g/mol. The first kappa shape index (κ1) is 96.1. The fourth-order valence-electron chi connectivity index (χ4n) is 12.2. The van der Waals surface area contributed by atoms with Crippen molar-refractivity contribution in [1.29, 1.82) is 0 Å². The predicted octanol–water partition coefficient (Wildman–Crippen LogP) is 23.5. The van der Waals surface area contributed by atoms with Gasteiger partial charge in [-0.15, -0.1) is 0 Å². The molecule has 0 aliphatic rings.